The summed E-state index contributed by atoms with van der Waals surface area (Å²) < 4.78 is 16.0. The molecule has 2 aliphatic rings. The molecule has 1 amide bonds. The van der Waals surface area contributed by atoms with Gasteiger partial charge >= 0.3 is 5.97 Å². The standard InChI is InChI=1S/C22H19ClN2O5/c1-28-22(27)16-9-14-13-4-2-3-5-15(13)24-20(14)21(25(16)19(26)10-23)12-6-7-17-18(8-12)30-11-29-17/h2-8,16,21,24H,9-11H2,1H3/t16-,21-/m1/s1. The number of rotatable bonds is 3. The number of carbonyl (C=O) groups excluding carboxylic acids is 2. The minimum absolute atomic E-state index is 0.149. The highest BCUT2D eigenvalue weighted by Gasteiger charge is 2.44. The van der Waals surface area contributed by atoms with Crippen LogP contribution in [-0.2, 0) is 20.7 Å². The Hall–Kier alpha value is -3.19. The van der Waals surface area contributed by atoms with Crippen molar-refractivity contribution >= 4 is 34.4 Å². The number of benzene rings is 2. The maximum Gasteiger partial charge on any atom is 0.328 e. The highest BCUT2D eigenvalue weighted by Crippen LogP contribution is 2.44. The molecule has 3 aromatic rings. The number of nitrogens with one attached hydrogen (secondary N) is 1. The molecule has 0 spiro atoms. The lowest BCUT2D eigenvalue weighted by Crippen LogP contribution is -2.52. The summed E-state index contributed by atoms with van der Waals surface area (Å²) in [4.78, 5) is 30.7. The van der Waals surface area contributed by atoms with Crippen LogP contribution in [0.5, 0.6) is 11.5 Å². The molecule has 30 heavy (non-hydrogen) atoms. The van der Waals surface area contributed by atoms with Crippen molar-refractivity contribution in [1.82, 2.24) is 9.88 Å². The summed E-state index contributed by atoms with van der Waals surface area (Å²) in [5, 5.41) is 1.02. The van der Waals surface area contributed by atoms with Gasteiger partial charge in [-0.3, -0.25) is 4.79 Å². The van der Waals surface area contributed by atoms with Gasteiger partial charge in [0.25, 0.3) is 0 Å². The maximum absolute atomic E-state index is 13.0. The number of aromatic amines is 1. The van der Waals surface area contributed by atoms with Crippen LogP contribution < -0.4 is 9.47 Å². The van der Waals surface area contributed by atoms with Crippen LogP contribution in [0.15, 0.2) is 42.5 Å². The molecule has 154 valence electrons. The molecule has 0 fully saturated rings. The second-order valence-electron chi connectivity index (χ2n) is 7.26. The number of aromatic nitrogens is 1. The third-order valence-corrected chi connectivity index (χ3v) is 5.95. The van der Waals surface area contributed by atoms with Crippen LogP contribution in [-0.4, -0.2) is 47.6 Å². The van der Waals surface area contributed by atoms with Gasteiger partial charge in [0.1, 0.15) is 11.9 Å². The Bertz CT molecular complexity index is 1160. The highest BCUT2D eigenvalue weighted by molar-refractivity contribution is 6.27. The van der Waals surface area contributed by atoms with E-state index in [0.717, 1.165) is 27.7 Å². The summed E-state index contributed by atoms with van der Waals surface area (Å²) in [5.41, 5.74) is 3.58. The maximum atomic E-state index is 13.0. The number of fused-ring (bicyclic) bond motifs is 4. The van der Waals surface area contributed by atoms with Gasteiger partial charge in [-0.1, -0.05) is 24.3 Å². The van der Waals surface area contributed by atoms with Gasteiger partial charge in [0.05, 0.1) is 13.2 Å². The molecule has 1 aromatic heterocycles. The number of nitrogens with zero attached hydrogens (tertiary/aromatic N) is 1. The van der Waals surface area contributed by atoms with Gasteiger partial charge in [0.15, 0.2) is 11.5 Å². The fraction of sp³-hybridized carbons (Fsp3) is 0.273. The van der Waals surface area contributed by atoms with Crippen molar-refractivity contribution in [2.75, 3.05) is 19.8 Å². The summed E-state index contributed by atoms with van der Waals surface area (Å²) in [6.07, 6.45) is 0.343. The monoisotopic (exact) mass is 426 g/mol. The van der Waals surface area contributed by atoms with Crippen LogP contribution >= 0.6 is 11.6 Å². The summed E-state index contributed by atoms with van der Waals surface area (Å²) >= 11 is 5.95. The second-order valence-corrected chi connectivity index (χ2v) is 7.52. The van der Waals surface area contributed by atoms with Crippen molar-refractivity contribution in [3.05, 3.63) is 59.3 Å². The Morgan fingerprint density at radius 1 is 1.20 bits per heavy atom. The van der Waals surface area contributed by atoms with Crippen molar-refractivity contribution in [2.24, 2.45) is 0 Å². The predicted molar refractivity (Wildman–Crippen MR) is 110 cm³/mol. The van der Waals surface area contributed by atoms with Gasteiger partial charge in [0.2, 0.25) is 12.7 Å². The van der Waals surface area contributed by atoms with Crippen LogP contribution in [0, 0.1) is 0 Å². The lowest BCUT2D eigenvalue weighted by Gasteiger charge is -2.40. The van der Waals surface area contributed by atoms with Gasteiger partial charge in [-0.05, 0) is 29.3 Å². The molecule has 1 N–H and O–H groups in total. The van der Waals surface area contributed by atoms with E-state index < -0.39 is 18.1 Å². The van der Waals surface area contributed by atoms with Crippen molar-refractivity contribution < 1.29 is 23.8 Å². The van der Waals surface area contributed by atoms with E-state index in [1.54, 1.807) is 0 Å². The Balaban J connectivity index is 1.75. The third-order valence-electron chi connectivity index (χ3n) is 5.72. The number of para-hydroxylation sites is 1. The normalized spacial score (nSPS) is 19.6. The van der Waals surface area contributed by atoms with Crippen LogP contribution in [0.2, 0.25) is 0 Å². The van der Waals surface area contributed by atoms with E-state index >= 15 is 0 Å². The van der Waals surface area contributed by atoms with E-state index in [0.29, 0.717) is 17.9 Å². The number of alkyl halides is 1. The zero-order valence-electron chi connectivity index (χ0n) is 16.2. The number of amides is 1. The number of H-pyrrole nitrogens is 1. The largest absolute Gasteiger partial charge is 0.467 e. The topological polar surface area (TPSA) is 80.9 Å². The minimum Gasteiger partial charge on any atom is -0.467 e. The molecule has 7 nitrogen and oxygen atoms in total. The first kappa shape index (κ1) is 18.8. The van der Waals surface area contributed by atoms with Gasteiger partial charge < -0.3 is 24.1 Å². The molecule has 0 saturated carbocycles. The highest BCUT2D eigenvalue weighted by atomic mass is 35.5. The van der Waals surface area contributed by atoms with E-state index in [1.165, 1.54) is 12.0 Å². The number of methoxy groups -OCH3 is 1. The first-order valence-electron chi connectivity index (χ1n) is 9.56. The second kappa shape index (κ2) is 7.25. The van der Waals surface area contributed by atoms with E-state index in [9.17, 15) is 9.59 Å². The zero-order valence-corrected chi connectivity index (χ0v) is 16.9. The molecule has 5 rings (SSSR count). The number of esters is 1. The summed E-state index contributed by atoms with van der Waals surface area (Å²) in [5.74, 6) is 0.174. The van der Waals surface area contributed by atoms with E-state index in [4.69, 9.17) is 25.8 Å². The van der Waals surface area contributed by atoms with Gasteiger partial charge in [-0.25, -0.2) is 4.79 Å². The zero-order chi connectivity index (χ0) is 20.8. The first-order valence-corrected chi connectivity index (χ1v) is 10.1. The Labute approximate surface area is 177 Å². The van der Waals surface area contributed by atoms with Crippen LogP contribution in [0.1, 0.15) is 22.9 Å². The Morgan fingerprint density at radius 2 is 2.00 bits per heavy atom. The number of ether oxygens (including phenoxy) is 3. The van der Waals surface area contributed by atoms with E-state index in [1.807, 2.05) is 42.5 Å². The van der Waals surface area contributed by atoms with Crippen LogP contribution in [0.4, 0.5) is 0 Å². The fourth-order valence-electron chi connectivity index (χ4n) is 4.42. The first-order chi connectivity index (χ1) is 14.6. The average Bonchev–Trinajstić information content (AvgIpc) is 3.40. The van der Waals surface area contributed by atoms with Crippen molar-refractivity contribution in [1.29, 1.82) is 0 Å². The molecule has 2 aliphatic heterocycles. The van der Waals surface area contributed by atoms with Gasteiger partial charge in [0, 0.05) is 23.0 Å². The molecule has 0 unspecified atom stereocenters. The summed E-state index contributed by atoms with van der Waals surface area (Å²) in [6, 6.07) is 12.1. The molecular weight excluding hydrogens is 408 g/mol. The molecule has 0 aliphatic carbocycles. The van der Waals surface area contributed by atoms with E-state index in [-0.39, 0.29) is 18.6 Å². The Kier molecular flexibility index (Phi) is 4.55. The smallest absolute Gasteiger partial charge is 0.328 e. The minimum atomic E-state index is -0.789. The average molecular weight is 427 g/mol. The van der Waals surface area contributed by atoms with Crippen molar-refractivity contribution in [3.63, 3.8) is 0 Å². The molecule has 3 heterocycles. The third kappa shape index (κ3) is 2.81. The SMILES string of the molecule is COC(=O)[C@H]1Cc2c([nH]c3ccccc23)[C@@H](c2ccc3c(c2)OCO3)N1C(=O)CCl. The quantitative estimate of drug-likeness (QED) is 0.514. The number of hydrogen-bond donors (Lipinski definition) is 1. The van der Waals surface area contributed by atoms with E-state index in [2.05, 4.69) is 4.98 Å². The lowest BCUT2D eigenvalue weighted by molar-refractivity contribution is -0.154. The molecular formula is C22H19ClN2O5. The van der Waals surface area contributed by atoms with Crippen LogP contribution in [0.25, 0.3) is 10.9 Å². The van der Waals surface area contributed by atoms with Crippen LogP contribution in [0.3, 0.4) is 0 Å². The fourth-order valence-corrected chi connectivity index (χ4v) is 4.55. The van der Waals surface area contributed by atoms with Gasteiger partial charge in [-0.15, -0.1) is 11.6 Å². The molecule has 0 saturated heterocycles. The molecule has 2 atom stereocenters. The van der Waals surface area contributed by atoms with Crippen molar-refractivity contribution in [2.45, 2.75) is 18.5 Å². The lowest BCUT2D eigenvalue weighted by atomic mass is 9.87. The van der Waals surface area contributed by atoms with Gasteiger partial charge in [-0.2, -0.15) is 0 Å². The molecule has 2 aromatic carbocycles. The number of hydrogen-bond acceptors (Lipinski definition) is 5. The molecule has 0 radical (unpaired) electrons. The summed E-state index contributed by atoms with van der Waals surface area (Å²) in [6.45, 7) is 0.149. The molecule has 8 heteroatoms. The van der Waals surface area contributed by atoms with Crippen molar-refractivity contribution in [3.8, 4) is 11.5 Å². The predicted octanol–water partition coefficient (Wildman–Crippen LogP) is 3.15. The Morgan fingerprint density at radius 3 is 2.80 bits per heavy atom. The molecule has 0 bridgehead atoms. The number of halogens is 1. The summed E-state index contributed by atoms with van der Waals surface area (Å²) in [7, 11) is 1.33. The number of carbonyl (C=O) groups is 2.